The number of pyridine rings is 1. The molecule has 4 heterocycles. The molecule has 0 bridgehead atoms. The predicted molar refractivity (Wildman–Crippen MR) is 89.8 cm³/mol. The minimum Gasteiger partial charge on any atom is -0.438 e. The third-order valence-electron chi connectivity index (χ3n) is 3.40. The lowest BCUT2D eigenvalue weighted by Crippen LogP contribution is -2.14. The first-order valence-electron chi connectivity index (χ1n) is 7.10. The topological polar surface area (TPSA) is 93.8 Å². The van der Waals surface area contributed by atoms with Gasteiger partial charge in [0.2, 0.25) is 5.76 Å². The van der Waals surface area contributed by atoms with Gasteiger partial charge in [0.15, 0.2) is 12.2 Å². The van der Waals surface area contributed by atoms with Crippen molar-refractivity contribution in [2.24, 2.45) is 0 Å². The van der Waals surface area contributed by atoms with Crippen LogP contribution in [0.25, 0.3) is 21.7 Å². The number of aromatic nitrogens is 4. The summed E-state index contributed by atoms with van der Waals surface area (Å²) >= 11 is 1.47. The second kappa shape index (κ2) is 5.82. The Morgan fingerprint density at radius 3 is 2.88 bits per heavy atom. The van der Waals surface area contributed by atoms with Crippen molar-refractivity contribution < 1.29 is 9.21 Å². The number of rotatable bonds is 3. The van der Waals surface area contributed by atoms with Crippen molar-refractivity contribution in [1.29, 1.82) is 0 Å². The third-order valence-corrected chi connectivity index (χ3v) is 4.21. The molecule has 0 unspecified atom stereocenters. The summed E-state index contributed by atoms with van der Waals surface area (Å²) in [6, 6.07) is 7.37. The Kier molecular flexibility index (Phi) is 3.51. The van der Waals surface area contributed by atoms with Gasteiger partial charge in [0.05, 0.1) is 11.1 Å². The van der Waals surface area contributed by atoms with E-state index in [4.69, 9.17) is 4.42 Å². The summed E-state index contributed by atoms with van der Waals surface area (Å²) in [5.74, 6) is 0.636. The van der Waals surface area contributed by atoms with Crippen LogP contribution in [0, 0.1) is 6.92 Å². The van der Waals surface area contributed by atoms with Gasteiger partial charge in [-0.1, -0.05) is 6.07 Å². The Labute approximate surface area is 140 Å². The van der Waals surface area contributed by atoms with Gasteiger partial charge in [-0.2, -0.15) is 0 Å². The van der Waals surface area contributed by atoms with Crippen molar-refractivity contribution in [3.8, 4) is 11.5 Å². The molecule has 24 heavy (non-hydrogen) atoms. The van der Waals surface area contributed by atoms with Gasteiger partial charge < -0.3 is 9.73 Å². The first-order valence-corrected chi connectivity index (χ1v) is 7.98. The number of hydrogen-bond donors (Lipinski definition) is 1. The van der Waals surface area contributed by atoms with Crippen molar-refractivity contribution >= 4 is 33.3 Å². The normalized spacial score (nSPS) is 10.9. The molecule has 7 nitrogen and oxygen atoms in total. The van der Waals surface area contributed by atoms with E-state index in [9.17, 15) is 4.79 Å². The molecule has 0 fully saturated rings. The molecule has 0 saturated heterocycles. The molecule has 4 rings (SSSR count). The molecule has 4 aromatic rings. The maximum atomic E-state index is 12.4. The highest BCUT2D eigenvalue weighted by Gasteiger charge is 2.18. The van der Waals surface area contributed by atoms with Gasteiger partial charge in [0, 0.05) is 6.20 Å². The fourth-order valence-corrected chi connectivity index (χ4v) is 3.01. The van der Waals surface area contributed by atoms with E-state index in [1.807, 2.05) is 29.6 Å². The standard InChI is InChI=1S/C16H11N5O2S/c1-9-12(23-8-18-9)15(22)20-13-10-5-7-24-16(10)21-14(19-13)11-4-2-3-6-17-11/h2-8H,1H3,(H,19,20,21,22). The lowest BCUT2D eigenvalue weighted by Gasteiger charge is -2.07. The molecule has 0 spiro atoms. The van der Waals surface area contributed by atoms with Crippen LogP contribution in [0.3, 0.4) is 0 Å². The largest absolute Gasteiger partial charge is 0.438 e. The van der Waals surface area contributed by atoms with Crippen LogP contribution >= 0.6 is 11.3 Å². The summed E-state index contributed by atoms with van der Waals surface area (Å²) in [7, 11) is 0. The number of thiophene rings is 1. The Morgan fingerprint density at radius 1 is 1.21 bits per heavy atom. The molecule has 0 aliphatic carbocycles. The highest BCUT2D eigenvalue weighted by Crippen LogP contribution is 2.28. The summed E-state index contributed by atoms with van der Waals surface area (Å²) in [5, 5.41) is 5.45. The van der Waals surface area contributed by atoms with E-state index in [1.165, 1.54) is 17.7 Å². The minimum atomic E-state index is -0.400. The zero-order valence-corrected chi connectivity index (χ0v) is 13.4. The molecule has 4 aromatic heterocycles. The van der Waals surface area contributed by atoms with E-state index in [0.717, 1.165) is 10.2 Å². The molecule has 8 heteroatoms. The summed E-state index contributed by atoms with van der Waals surface area (Å²) in [6.07, 6.45) is 2.91. The highest BCUT2D eigenvalue weighted by molar-refractivity contribution is 7.16. The van der Waals surface area contributed by atoms with Gasteiger partial charge >= 0.3 is 0 Å². The smallest absolute Gasteiger partial charge is 0.294 e. The molecular weight excluding hydrogens is 326 g/mol. The van der Waals surface area contributed by atoms with Gasteiger partial charge in [-0.05, 0) is 30.5 Å². The van der Waals surface area contributed by atoms with E-state index in [1.54, 1.807) is 13.1 Å². The molecule has 0 aliphatic heterocycles. The number of hydrogen-bond acceptors (Lipinski definition) is 7. The number of nitrogens with zero attached hydrogens (tertiary/aromatic N) is 4. The zero-order chi connectivity index (χ0) is 16.5. The number of anilines is 1. The maximum absolute atomic E-state index is 12.4. The fourth-order valence-electron chi connectivity index (χ4n) is 2.24. The number of amides is 1. The van der Waals surface area contributed by atoms with E-state index < -0.39 is 5.91 Å². The second-order valence-corrected chi connectivity index (χ2v) is 5.87. The number of oxazole rings is 1. The van der Waals surface area contributed by atoms with Crippen LogP contribution in [-0.4, -0.2) is 25.8 Å². The Morgan fingerprint density at radius 2 is 2.12 bits per heavy atom. The van der Waals surface area contributed by atoms with E-state index in [-0.39, 0.29) is 5.76 Å². The molecule has 0 radical (unpaired) electrons. The minimum absolute atomic E-state index is 0.163. The first kappa shape index (κ1) is 14.5. The molecule has 1 amide bonds. The number of nitrogens with one attached hydrogen (secondary N) is 1. The molecule has 118 valence electrons. The van der Waals surface area contributed by atoms with Crippen molar-refractivity contribution in [2.45, 2.75) is 6.92 Å². The van der Waals surface area contributed by atoms with Crippen molar-refractivity contribution in [1.82, 2.24) is 19.9 Å². The van der Waals surface area contributed by atoms with Gasteiger partial charge in [-0.15, -0.1) is 11.3 Å². The summed E-state index contributed by atoms with van der Waals surface area (Å²) < 4.78 is 5.13. The van der Waals surface area contributed by atoms with Crippen LogP contribution in [0.2, 0.25) is 0 Å². The van der Waals surface area contributed by atoms with Gasteiger partial charge in [-0.3, -0.25) is 9.78 Å². The third kappa shape index (κ3) is 2.52. The van der Waals surface area contributed by atoms with Crippen molar-refractivity contribution in [3.05, 3.63) is 53.7 Å². The average molecular weight is 337 g/mol. The zero-order valence-electron chi connectivity index (χ0n) is 12.6. The molecule has 0 aliphatic rings. The molecule has 0 aromatic carbocycles. The molecule has 0 saturated carbocycles. The number of fused-ring (bicyclic) bond motifs is 1. The average Bonchev–Trinajstić information content (AvgIpc) is 3.24. The Bertz CT molecular complexity index is 1030. The summed E-state index contributed by atoms with van der Waals surface area (Å²) in [4.78, 5) is 30.3. The number of aryl methyl sites for hydroxylation is 1. The SMILES string of the molecule is Cc1ncoc1C(=O)Nc1nc(-c2ccccn2)nc2sccc12. The van der Waals surface area contributed by atoms with Crippen LogP contribution in [0.5, 0.6) is 0 Å². The van der Waals surface area contributed by atoms with Crippen LogP contribution in [-0.2, 0) is 0 Å². The van der Waals surface area contributed by atoms with Crippen LogP contribution in [0.15, 0.2) is 46.7 Å². The van der Waals surface area contributed by atoms with Crippen LogP contribution in [0.1, 0.15) is 16.2 Å². The fraction of sp³-hybridized carbons (Fsp3) is 0.0625. The second-order valence-electron chi connectivity index (χ2n) is 4.97. The van der Waals surface area contributed by atoms with Crippen molar-refractivity contribution in [2.75, 3.05) is 5.32 Å². The van der Waals surface area contributed by atoms with E-state index in [0.29, 0.717) is 23.0 Å². The first-order chi connectivity index (χ1) is 11.7. The van der Waals surface area contributed by atoms with Crippen molar-refractivity contribution in [3.63, 3.8) is 0 Å². The van der Waals surface area contributed by atoms with Gasteiger partial charge in [0.25, 0.3) is 5.91 Å². The van der Waals surface area contributed by atoms with E-state index >= 15 is 0 Å². The number of carbonyl (C=O) groups excluding carboxylic acids is 1. The molecule has 1 N–H and O–H groups in total. The number of carbonyl (C=O) groups is 1. The van der Waals surface area contributed by atoms with Crippen LogP contribution in [0.4, 0.5) is 5.82 Å². The molecular formula is C16H11N5O2S. The van der Waals surface area contributed by atoms with Gasteiger partial charge in [0.1, 0.15) is 16.3 Å². The lowest BCUT2D eigenvalue weighted by atomic mass is 10.3. The maximum Gasteiger partial charge on any atom is 0.294 e. The Balaban J connectivity index is 1.78. The lowest BCUT2D eigenvalue weighted by molar-refractivity contribution is 0.0995. The van der Waals surface area contributed by atoms with Crippen LogP contribution < -0.4 is 5.32 Å². The Hall–Kier alpha value is -3.13. The van der Waals surface area contributed by atoms with Gasteiger partial charge in [-0.25, -0.2) is 15.0 Å². The van der Waals surface area contributed by atoms with E-state index in [2.05, 4.69) is 25.3 Å². The predicted octanol–water partition coefficient (Wildman–Crippen LogP) is 3.30. The summed E-state index contributed by atoms with van der Waals surface area (Å²) in [6.45, 7) is 1.71. The molecule has 0 atom stereocenters. The highest BCUT2D eigenvalue weighted by atomic mass is 32.1. The summed E-state index contributed by atoms with van der Waals surface area (Å²) in [5.41, 5.74) is 1.16. The quantitative estimate of drug-likeness (QED) is 0.616. The monoisotopic (exact) mass is 337 g/mol.